The van der Waals surface area contributed by atoms with Gasteiger partial charge in [0.1, 0.15) is 0 Å². The fourth-order valence-electron chi connectivity index (χ4n) is 1.81. The van der Waals surface area contributed by atoms with Crippen molar-refractivity contribution < 1.29 is 18.7 Å². The first-order valence-corrected chi connectivity index (χ1v) is 9.21. The van der Waals surface area contributed by atoms with Gasteiger partial charge in [0.05, 0.1) is 0 Å². The number of ether oxygens (including phenoxy) is 2. The van der Waals surface area contributed by atoms with E-state index in [9.17, 15) is 4.79 Å². The molecule has 0 N–H and O–H groups in total. The maximum absolute atomic E-state index is 11.4. The molecule has 5 heteroatoms. The second kappa shape index (κ2) is 12.4. The summed E-state index contributed by atoms with van der Waals surface area (Å²) >= 11 is 0. The number of hydrogen-bond acceptors (Lipinski definition) is 4. The molecule has 0 radical (unpaired) electrons. The first kappa shape index (κ1) is 18.3. The van der Waals surface area contributed by atoms with Crippen LogP contribution >= 0.6 is 0 Å². The van der Waals surface area contributed by atoms with Crippen molar-refractivity contribution >= 4 is 15.0 Å². The summed E-state index contributed by atoms with van der Waals surface area (Å²) in [6.45, 7) is 10.6. The van der Waals surface area contributed by atoms with E-state index < -0.39 is 9.04 Å². The van der Waals surface area contributed by atoms with Crippen LogP contribution in [0.25, 0.3) is 0 Å². The van der Waals surface area contributed by atoms with E-state index in [-0.39, 0.29) is 11.9 Å². The highest BCUT2D eigenvalue weighted by Crippen LogP contribution is 2.13. The SMILES string of the molecule is C=CC(=O)O[SiH](CCCCCC)C(OCC)OCC. The molecule has 0 aliphatic carbocycles. The van der Waals surface area contributed by atoms with Crippen molar-refractivity contribution in [1.29, 1.82) is 0 Å². The molecule has 0 aromatic rings. The Morgan fingerprint density at radius 1 is 1.16 bits per heavy atom. The molecule has 0 saturated carbocycles. The molecule has 0 heterocycles. The second-order valence-corrected chi connectivity index (χ2v) is 6.74. The van der Waals surface area contributed by atoms with Gasteiger partial charge in [-0.2, -0.15) is 0 Å². The molecule has 0 fully saturated rings. The average molecular weight is 288 g/mol. The molecule has 112 valence electrons. The highest BCUT2D eigenvalue weighted by atomic mass is 28.3. The zero-order valence-electron chi connectivity index (χ0n) is 12.5. The minimum absolute atomic E-state index is 0.347. The number of carbonyl (C=O) groups is 1. The first-order chi connectivity index (χ1) is 9.19. The highest BCUT2D eigenvalue weighted by molar-refractivity contribution is 6.55. The number of carbonyl (C=O) groups excluding carboxylic acids is 1. The van der Waals surface area contributed by atoms with Crippen molar-refractivity contribution in [3.8, 4) is 0 Å². The van der Waals surface area contributed by atoms with E-state index in [1.807, 2.05) is 13.8 Å². The molecule has 1 atom stereocenters. The summed E-state index contributed by atoms with van der Waals surface area (Å²) in [6.07, 6.45) is 5.84. The van der Waals surface area contributed by atoms with Gasteiger partial charge in [-0.25, -0.2) is 4.79 Å². The summed E-state index contributed by atoms with van der Waals surface area (Å²) in [5, 5.41) is 0. The maximum atomic E-state index is 11.4. The lowest BCUT2D eigenvalue weighted by Gasteiger charge is -2.24. The van der Waals surface area contributed by atoms with Gasteiger partial charge >= 0.3 is 5.97 Å². The van der Waals surface area contributed by atoms with E-state index in [4.69, 9.17) is 13.9 Å². The molecule has 19 heavy (non-hydrogen) atoms. The normalized spacial score (nSPS) is 12.4. The molecule has 0 aliphatic rings. The first-order valence-electron chi connectivity index (χ1n) is 7.25. The summed E-state index contributed by atoms with van der Waals surface area (Å²) < 4.78 is 16.6. The molecule has 0 aromatic carbocycles. The van der Waals surface area contributed by atoms with Crippen LogP contribution in [0.4, 0.5) is 0 Å². The molecular weight excluding hydrogens is 260 g/mol. The monoisotopic (exact) mass is 288 g/mol. The van der Waals surface area contributed by atoms with Gasteiger partial charge in [-0.15, -0.1) is 0 Å². The smallest absolute Gasteiger partial charge is 0.316 e. The van der Waals surface area contributed by atoms with Crippen molar-refractivity contribution in [2.24, 2.45) is 0 Å². The Morgan fingerprint density at radius 3 is 2.26 bits per heavy atom. The fourth-order valence-corrected chi connectivity index (χ4v) is 4.21. The Kier molecular flexibility index (Phi) is 12.0. The lowest BCUT2D eigenvalue weighted by atomic mass is 10.2. The Hall–Kier alpha value is -0.653. The van der Waals surface area contributed by atoms with Crippen LogP contribution in [0.5, 0.6) is 0 Å². The average Bonchev–Trinajstić information content (AvgIpc) is 2.41. The molecule has 0 aliphatic heterocycles. The zero-order chi connectivity index (χ0) is 14.5. The van der Waals surface area contributed by atoms with Crippen molar-refractivity contribution in [1.82, 2.24) is 0 Å². The standard InChI is InChI=1S/C14H28O4Si/c1-5-9-10-11-12-19(18-13(15)6-2)14(16-7-3)17-8-4/h6,14,19H,2,5,7-12H2,1,3-4H3. The van der Waals surface area contributed by atoms with Gasteiger partial charge in [-0.05, 0) is 19.9 Å². The van der Waals surface area contributed by atoms with E-state index in [0.29, 0.717) is 13.2 Å². The van der Waals surface area contributed by atoms with Crippen LogP contribution < -0.4 is 0 Å². The summed E-state index contributed by atoms with van der Waals surface area (Å²) in [4.78, 5) is 11.4. The summed E-state index contributed by atoms with van der Waals surface area (Å²) in [5.41, 5.74) is 0. The third-order valence-corrected chi connectivity index (χ3v) is 5.25. The van der Waals surface area contributed by atoms with Gasteiger partial charge in [0, 0.05) is 19.3 Å². The van der Waals surface area contributed by atoms with Gasteiger partial charge in [0.2, 0.25) is 0 Å². The Bertz CT molecular complexity index is 240. The van der Waals surface area contributed by atoms with Gasteiger partial charge in [-0.3, -0.25) is 0 Å². The van der Waals surface area contributed by atoms with Crippen LogP contribution in [-0.2, 0) is 18.7 Å². The quantitative estimate of drug-likeness (QED) is 0.240. The van der Waals surface area contributed by atoms with Crippen LogP contribution in [0.1, 0.15) is 46.5 Å². The molecule has 1 unspecified atom stereocenters. The van der Waals surface area contributed by atoms with E-state index in [1.165, 1.54) is 18.9 Å². The Labute approximate surface area is 118 Å². The van der Waals surface area contributed by atoms with E-state index in [1.54, 1.807) is 0 Å². The van der Waals surface area contributed by atoms with Gasteiger partial charge in [0.25, 0.3) is 9.04 Å². The fraction of sp³-hybridized carbons (Fsp3) is 0.786. The number of unbranched alkanes of at least 4 members (excludes halogenated alkanes) is 3. The summed E-state index contributed by atoms with van der Waals surface area (Å²) in [6, 6.07) is 0.893. The van der Waals surface area contributed by atoms with Crippen LogP contribution in [0, 0.1) is 0 Å². The Balaban J connectivity index is 4.41. The van der Waals surface area contributed by atoms with Crippen LogP contribution in [-0.4, -0.2) is 34.1 Å². The zero-order valence-corrected chi connectivity index (χ0v) is 13.7. The number of rotatable bonds is 12. The van der Waals surface area contributed by atoms with Crippen LogP contribution in [0.2, 0.25) is 6.04 Å². The lowest BCUT2D eigenvalue weighted by molar-refractivity contribution is -0.133. The van der Waals surface area contributed by atoms with Gasteiger partial charge < -0.3 is 13.9 Å². The van der Waals surface area contributed by atoms with Gasteiger partial charge in [0.15, 0.2) is 5.91 Å². The predicted molar refractivity (Wildman–Crippen MR) is 79.4 cm³/mol. The molecule has 0 aromatic heterocycles. The van der Waals surface area contributed by atoms with Crippen molar-refractivity contribution in [3.63, 3.8) is 0 Å². The highest BCUT2D eigenvalue weighted by Gasteiger charge is 2.28. The molecule has 0 amide bonds. The minimum Gasteiger partial charge on any atom is -0.513 e. The maximum Gasteiger partial charge on any atom is 0.316 e. The lowest BCUT2D eigenvalue weighted by Crippen LogP contribution is -2.40. The Morgan fingerprint density at radius 2 is 1.79 bits per heavy atom. The summed E-state index contributed by atoms with van der Waals surface area (Å²) in [7, 11) is -1.87. The van der Waals surface area contributed by atoms with E-state index in [2.05, 4.69) is 13.5 Å². The molecular formula is C14H28O4Si. The topological polar surface area (TPSA) is 44.8 Å². The second-order valence-electron chi connectivity index (χ2n) is 4.31. The van der Waals surface area contributed by atoms with E-state index >= 15 is 0 Å². The molecule has 0 spiro atoms. The number of hydrogen-bond donors (Lipinski definition) is 0. The van der Waals surface area contributed by atoms with Crippen molar-refractivity contribution in [2.45, 2.75) is 58.4 Å². The largest absolute Gasteiger partial charge is 0.513 e. The predicted octanol–water partition coefficient (Wildman–Crippen LogP) is 2.96. The van der Waals surface area contributed by atoms with Gasteiger partial charge in [-0.1, -0.05) is 39.2 Å². The molecule has 0 bridgehead atoms. The minimum atomic E-state index is -1.87. The molecule has 0 saturated heterocycles. The molecule has 0 rings (SSSR count). The van der Waals surface area contributed by atoms with Crippen LogP contribution in [0.15, 0.2) is 12.7 Å². The van der Waals surface area contributed by atoms with Crippen molar-refractivity contribution in [3.05, 3.63) is 12.7 Å². The third-order valence-electron chi connectivity index (χ3n) is 2.74. The van der Waals surface area contributed by atoms with Crippen LogP contribution in [0.3, 0.4) is 0 Å². The third kappa shape index (κ3) is 8.97. The van der Waals surface area contributed by atoms with E-state index in [0.717, 1.165) is 18.9 Å². The summed E-state index contributed by atoms with van der Waals surface area (Å²) in [5.74, 6) is -0.711. The molecule has 4 nitrogen and oxygen atoms in total. The van der Waals surface area contributed by atoms with Crippen molar-refractivity contribution in [2.75, 3.05) is 13.2 Å².